The Morgan fingerprint density at radius 2 is 2.15 bits per heavy atom. The van der Waals surface area contributed by atoms with E-state index in [1.807, 2.05) is 0 Å². The molecular weight excluding hydrogens is 336 g/mol. The van der Waals surface area contributed by atoms with Crippen molar-refractivity contribution in [3.63, 3.8) is 0 Å². The van der Waals surface area contributed by atoms with Crippen LogP contribution >= 0.6 is 0 Å². The van der Waals surface area contributed by atoms with E-state index in [-0.39, 0.29) is 5.92 Å². The van der Waals surface area contributed by atoms with Gasteiger partial charge in [-0.1, -0.05) is 0 Å². The standard InChI is InChI=1S/C10H14O2.W/c1-6-3-10(11)7(2)9-5-12-4-8(6)9;/h6-9H,3,5H2,1-2H3;/t6-,7-,8+,9-;/m0./s1. The van der Waals surface area contributed by atoms with Crippen LogP contribution in [0.15, 0.2) is 0 Å². The monoisotopic (exact) mass is 350 g/mol. The number of hydrogen-bond acceptors (Lipinski definition) is 2. The fraction of sp³-hybridized carbons (Fsp3) is 0.800. The number of ether oxygens (including phenoxy) is 1. The van der Waals surface area contributed by atoms with Crippen molar-refractivity contribution in [1.29, 1.82) is 0 Å². The van der Waals surface area contributed by atoms with Crippen LogP contribution in [0.4, 0.5) is 0 Å². The van der Waals surface area contributed by atoms with Crippen molar-refractivity contribution in [1.82, 2.24) is 0 Å². The number of hydrogen-bond donors (Lipinski definition) is 0. The van der Waals surface area contributed by atoms with Gasteiger partial charge in [0.05, 0.1) is 0 Å². The van der Waals surface area contributed by atoms with Crippen LogP contribution in [0.2, 0.25) is 0 Å². The summed E-state index contributed by atoms with van der Waals surface area (Å²) in [5.41, 5.74) is 0. The zero-order chi connectivity index (χ0) is 9.59. The molecular formula is C10H14O2W. The second kappa shape index (κ2) is 3.40. The molecule has 4 atom stereocenters. The van der Waals surface area contributed by atoms with Crippen molar-refractivity contribution in [2.75, 3.05) is 6.61 Å². The van der Waals surface area contributed by atoms with Crippen LogP contribution in [0.3, 0.4) is 0 Å². The molecule has 0 bridgehead atoms. The Kier molecular flexibility index (Phi) is 2.54. The van der Waals surface area contributed by atoms with Crippen LogP contribution in [-0.2, 0) is 28.9 Å². The number of carbonyl (C=O) groups excluding carboxylic acids is 1. The summed E-state index contributed by atoms with van der Waals surface area (Å²) in [6.45, 7) is 5.02. The van der Waals surface area contributed by atoms with Gasteiger partial charge in [0.2, 0.25) is 0 Å². The van der Waals surface area contributed by atoms with Crippen LogP contribution in [0.5, 0.6) is 0 Å². The zero-order valence-electron chi connectivity index (χ0n) is 7.95. The Hall–Kier alpha value is 0.188. The molecule has 0 N–H and O–H groups in total. The Labute approximate surface area is 89.4 Å². The van der Waals surface area contributed by atoms with Gasteiger partial charge in [0, 0.05) is 0 Å². The van der Waals surface area contributed by atoms with E-state index >= 15 is 0 Å². The average molecular weight is 350 g/mol. The van der Waals surface area contributed by atoms with E-state index < -0.39 is 0 Å². The number of Topliss-reactive ketones (excluding diaryl/α,β-unsaturated/α-hetero) is 1. The molecule has 1 aliphatic carbocycles. The second-order valence-corrected chi connectivity index (χ2v) is 5.70. The van der Waals surface area contributed by atoms with Crippen molar-refractivity contribution >= 4 is 9.87 Å². The average Bonchev–Trinajstić information content (AvgIpc) is 2.44. The first-order chi connectivity index (χ1) is 6.11. The first kappa shape index (κ1) is 9.73. The maximum absolute atomic E-state index is 11.6. The summed E-state index contributed by atoms with van der Waals surface area (Å²) in [6, 6.07) is 0. The predicted molar refractivity (Wildman–Crippen MR) is 45.9 cm³/mol. The van der Waals surface area contributed by atoms with E-state index in [1.165, 1.54) is 23.4 Å². The molecule has 1 heterocycles. The van der Waals surface area contributed by atoms with Gasteiger partial charge in [-0.3, -0.25) is 0 Å². The first-order valence-corrected chi connectivity index (χ1v) is 6.27. The summed E-state index contributed by atoms with van der Waals surface area (Å²) >= 11 is 1.44. The van der Waals surface area contributed by atoms with Crippen LogP contribution < -0.4 is 0 Å². The molecule has 0 aromatic rings. The van der Waals surface area contributed by atoms with Gasteiger partial charge in [-0.05, 0) is 0 Å². The summed E-state index contributed by atoms with van der Waals surface area (Å²) in [6.07, 6.45) is 0.752. The summed E-state index contributed by atoms with van der Waals surface area (Å²) < 4.78 is 6.82. The van der Waals surface area contributed by atoms with Crippen LogP contribution in [0.25, 0.3) is 0 Å². The molecule has 3 heteroatoms. The number of rotatable bonds is 0. The van der Waals surface area contributed by atoms with Gasteiger partial charge in [-0.2, -0.15) is 0 Å². The van der Waals surface area contributed by atoms with Crippen LogP contribution in [0, 0.1) is 23.7 Å². The molecule has 0 amide bonds. The van der Waals surface area contributed by atoms with Gasteiger partial charge in [0.25, 0.3) is 0 Å². The van der Waals surface area contributed by atoms with E-state index in [0.717, 1.165) is 13.0 Å². The van der Waals surface area contributed by atoms with E-state index in [0.29, 0.717) is 23.5 Å². The van der Waals surface area contributed by atoms with Gasteiger partial charge in [0.15, 0.2) is 0 Å². The topological polar surface area (TPSA) is 26.3 Å². The summed E-state index contributed by atoms with van der Waals surface area (Å²) in [4.78, 5) is 11.6. The molecule has 0 spiro atoms. The van der Waals surface area contributed by atoms with E-state index in [1.54, 1.807) is 0 Å². The molecule has 2 aliphatic rings. The Morgan fingerprint density at radius 3 is 2.85 bits per heavy atom. The molecule has 2 nitrogen and oxygen atoms in total. The molecule has 1 aliphatic heterocycles. The minimum absolute atomic E-state index is 0.220. The molecule has 2 rings (SSSR count). The third kappa shape index (κ3) is 1.49. The number of carbonyl (C=O) groups is 1. The van der Waals surface area contributed by atoms with Crippen molar-refractivity contribution in [3.8, 4) is 0 Å². The van der Waals surface area contributed by atoms with E-state index in [4.69, 9.17) is 4.74 Å². The van der Waals surface area contributed by atoms with Gasteiger partial charge in [-0.25, -0.2) is 0 Å². The molecule has 72 valence electrons. The Bertz CT molecular complexity index is 260. The Balaban J connectivity index is 2.26. The zero-order valence-corrected chi connectivity index (χ0v) is 10.9. The van der Waals surface area contributed by atoms with Crippen LogP contribution in [0.1, 0.15) is 20.3 Å². The van der Waals surface area contributed by atoms with Gasteiger partial charge >= 0.3 is 89.3 Å². The summed E-state index contributed by atoms with van der Waals surface area (Å²) in [7, 11) is 0. The molecule has 1 saturated heterocycles. The molecule has 1 saturated carbocycles. The number of ketones is 1. The van der Waals surface area contributed by atoms with Crippen molar-refractivity contribution < 1.29 is 28.9 Å². The third-order valence-corrected chi connectivity index (χ3v) is 4.84. The van der Waals surface area contributed by atoms with Gasteiger partial charge in [-0.15, -0.1) is 0 Å². The molecule has 0 radical (unpaired) electrons. The summed E-state index contributed by atoms with van der Waals surface area (Å²) in [5.74, 6) is 2.20. The van der Waals surface area contributed by atoms with E-state index in [9.17, 15) is 4.79 Å². The van der Waals surface area contributed by atoms with Crippen molar-refractivity contribution in [2.45, 2.75) is 20.3 Å². The molecule has 2 fully saturated rings. The third-order valence-electron chi connectivity index (χ3n) is 3.44. The molecule has 0 unspecified atom stereocenters. The van der Waals surface area contributed by atoms with Gasteiger partial charge < -0.3 is 0 Å². The fourth-order valence-corrected chi connectivity index (χ4v) is 4.24. The van der Waals surface area contributed by atoms with Crippen molar-refractivity contribution in [2.24, 2.45) is 23.7 Å². The quantitative estimate of drug-likeness (QED) is 0.656. The molecule has 0 aromatic carbocycles. The van der Waals surface area contributed by atoms with Crippen molar-refractivity contribution in [3.05, 3.63) is 0 Å². The Morgan fingerprint density at radius 1 is 1.46 bits per heavy atom. The van der Waals surface area contributed by atoms with E-state index in [2.05, 4.69) is 13.8 Å². The molecule has 13 heavy (non-hydrogen) atoms. The summed E-state index contributed by atoms with van der Waals surface area (Å²) in [5, 5.41) is 0. The number of fused-ring (bicyclic) bond motifs is 1. The SMILES string of the molecule is C[C@@H]1C(=O)C[C@H](C)[C@H]2[C](=[W])OC[C@H]21. The second-order valence-electron chi connectivity index (χ2n) is 4.26. The van der Waals surface area contributed by atoms with Gasteiger partial charge in [0.1, 0.15) is 0 Å². The normalized spacial score (nSPS) is 45.1. The predicted octanol–water partition coefficient (Wildman–Crippen LogP) is 1.17. The molecule has 0 aromatic heterocycles. The first-order valence-electron chi connectivity index (χ1n) is 4.80. The maximum atomic E-state index is 11.6. The minimum atomic E-state index is 0.220. The van der Waals surface area contributed by atoms with Crippen LogP contribution in [-0.4, -0.2) is 16.5 Å². The fourth-order valence-electron chi connectivity index (χ4n) is 2.53.